The Hall–Kier alpha value is -2.47. The van der Waals surface area contributed by atoms with Gasteiger partial charge in [0.05, 0.1) is 6.61 Å². The molecular weight excluding hydrogens is 358 g/mol. The van der Waals surface area contributed by atoms with Gasteiger partial charge >= 0.3 is 5.97 Å². The van der Waals surface area contributed by atoms with Crippen LogP contribution in [0.2, 0.25) is 0 Å². The summed E-state index contributed by atoms with van der Waals surface area (Å²) < 4.78 is 6.48. The number of aliphatic carboxylic acids is 1. The molecule has 0 saturated carbocycles. The summed E-state index contributed by atoms with van der Waals surface area (Å²) in [5, 5.41) is 11.3. The Morgan fingerprint density at radius 3 is 2.15 bits per heavy atom. The second-order valence-corrected chi connectivity index (χ2v) is 7.68. The van der Waals surface area contributed by atoms with Crippen molar-refractivity contribution in [2.24, 2.45) is 5.73 Å². The van der Waals surface area contributed by atoms with Crippen LogP contribution in [0.25, 0.3) is 0 Å². The number of hydrogen-bond acceptors (Lipinski definition) is 4. The first kappa shape index (κ1) is 17.9. The molecule has 5 heteroatoms. The summed E-state index contributed by atoms with van der Waals surface area (Å²) in [6.07, 6.45) is 1.82. The summed E-state index contributed by atoms with van der Waals surface area (Å²) >= 11 is 1.61. The molecule has 4 nitrogen and oxygen atoms in total. The van der Waals surface area contributed by atoms with E-state index < -0.39 is 17.6 Å². The standard InChI is InChI=1S/C22H21NO3S/c23-19(21(24)25)14-26-22(20-10-5-13-27-20)17-8-3-1-6-15(17)11-12-16-7-2-4-9-18(16)22/h1-10,13,19H,11-12,14,23H2,(H,24,25)/t19-/m0/s1. The van der Waals surface area contributed by atoms with Crippen LogP contribution in [0, 0.1) is 0 Å². The Morgan fingerprint density at radius 1 is 1.04 bits per heavy atom. The fourth-order valence-corrected chi connectivity index (χ4v) is 4.74. The van der Waals surface area contributed by atoms with Crippen molar-refractivity contribution in [2.45, 2.75) is 24.5 Å². The third-order valence-electron chi connectivity index (χ3n) is 5.12. The molecule has 0 amide bonds. The summed E-state index contributed by atoms with van der Waals surface area (Å²) in [6, 6.07) is 19.5. The molecule has 2 aromatic carbocycles. The van der Waals surface area contributed by atoms with E-state index in [1.807, 2.05) is 35.7 Å². The van der Waals surface area contributed by atoms with Crippen molar-refractivity contribution >= 4 is 17.3 Å². The Bertz CT molecular complexity index is 904. The second-order valence-electron chi connectivity index (χ2n) is 6.73. The molecule has 0 bridgehead atoms. The summed E-state index contributed by atoms with van der Waals surface area (Å²) in [6.45, 7) is -0.0735. The quantitative estimate of drug-likeness (QED) is 0.711. The summed E-state index contributed by atoms with van der Waals surface area (Å²) in [7, 11) is 0. The number of hydrogen-bond donors (Lipinski definition) is 2. The average molecular weight is 379 g/mol. The molecule has 3 aromatic rings. The lowest BCUT2D eigenvalue weighted by molar-refractivity contribution is -0.141. The van der Waals surface area contributed by atoms with Gasteiger partial charge in [-0.1, -0.05) is 54.6 Å². The van der Waals surface area contributed by atoms with Crippen molar-refractivity contribution in [3.05, 3.63) is 93.2 Å². The average Bonchev–Trinajstić information content (AvgIpc) is 3.19. The molecule has 0 radical (unpaired) electrons. The van der Waals surface area contributed by atoms with Crippen molar-refractivity contribution < 1.29 is 14.6 Å². The van der Waals surface area contributed by atoms with Crippen LogP contribution in [0.4, 0.5) is 0 Å². The van der Waals surface area contributed by atoms with Gasteiger partial charge in [0.2, 0.25) is 0 Å². The minimum Gasteiger partial charge on any atom is -0.480 e. The van der Waals surface area contributed by atoms with Gasteiger partial charge in [-0.3, -0.25) is 4.79 Å². The highest BCUT2D eigenvalue weighted by atomic mass is 32.1. The normalized spacial score (nSPS) is 16.0. The van der Waals surface area contributed by atoms with E-state index in [1.54, 1.807) is 11.3 Å². The molecule has 27 heavy (non-hydrogen) atoms. The Kier molecular flexibility index (Phi) is 4.83. The number of carboxylic acid groups (broad SMARTS) is 1. The van der Waals surface area contributed by atoms with Crippen molar-refractivity contribution in [1.29, 1.82) is 0 Å². The van der Waals surface area contributed by atoms with E-state index in [1.165, 1.54) is 11.1 Å². The largest absolute Gasteiger partial charge is 0.480 e. The van der Waals surface area contributed by atoms with E-state index in [4.69, 9.17) is 10.5 Å². The molecule has 1 atom stereocenters. The summed E-state index contributed by atoms with van der Waals surface area (Å²) in [5.41, 5.74) is 9.50. The predicted octanol–water partition coefficient (Wildman–Crippen LogP) is 3.57. The smallest absolute Gasteiger partial charge is 0.322 e. The number of carboxylic acids is 1. The van der Waals surface area contributed by atoms with Crippen LogP contribution in [-0.4, -0.2) is 23.7 Å². The lowest BCUT2D eigenvalue weighted by Crippen LogP contribution is -2.41. The fourth-order valence-electron chi connectivity index (χ4n) is 3.84. The van der Waals surface area contributed by atoms with Gasteiger partial charge < -0.3 is 15.6 Å². The van der Waals surface area contributed by atoms with E-state index >= 15 is 0 Å². The van der Waals surface area contributed by atoms with Gasteiger partial charge in [-0.15, -0.1) is 11.3 Å². The molecule has 0 aliphatic heterocycles. The first-order chi connectivity index (χ1) is 13.1. The first-order valence-electron chi connectivity index (χ1n) is 8.96. The Morgan fingerprint density at radius 2 is 1.63 bits per heavy atom. The van der Waals surface area contributed by atoms with Gasteiger partial charge in [0, 0.05) is 4.88 Å². The zero-order chi connectivity index (χ0) is 18.9. The molecule has 3 N–H and O–H groups in total. The molecule has 1 heterocycles. The Labute approximate surface area is 162 Å². The highest BCUT2D eigenvalue weighted by molar-refractivity contribution is 7.10. The van der Waals surface area contributed by atoms with Crippen LogP contribution in [0.3, 0.4) is 0 Å². The van der Waals surface area contributed by atoms with E-state index in [0.29, 0.717) is 0 Å². The lowest BCUT2D eigenvalue weighted by atomic mass is 9.82. The topological polar surface area (TPSA) is 72.5 Å². The SMILES string of the molecule is N[C@@H](COC1(c2cccs2)c2ccccc2CCc2ccccc21)C(=O)O. The lowest BCUT2D eigenvalue weighted by Gasteiger charge is -2.36. The molecule has 0 unspecified atom stereocenters. The van der Waals surface area contributed by atoms with Crippen LogP contribution in [0.15, 0.2) is 66.0 Å². The third kappa shape index (κ3) is 3.08. The number of rotatable bonds is 5. The van der Waals surface area contributed by atoms with Crippen LogP contribution in [0.5, 0.6) is 0 Å². The molecule has 0 fully saturated rings. The molecule has 0 saturated heterocycles. The number of fused-ring (bicyclic) bond motifs is 2. The number of ether oxygens (including phenoxy) is 1. The van der Waals surface area contributed by atoms with Gasteiger partial charge in [0.15, 0.2) is 5.60 Å². The predicted molar refractivity (Wildman–Crippen MR) is 106 cm³/mol. The number of thiophene rings is 1. The maximum Gasteiger partial charge on any atom is 0.322 e. The summed E-state index contributed by atoms with van der Waals surface area (Å²) in [5.74, 6) is -1.06. The van der Waals surface area contributed by atoms with E-state index in [0.717, 1.165) is 28.8 Å². The molecule has 0 spiro atoms. The minimum atomic E-state index is -1.08. The van der Waals surface area contributed by atoms with Gasteiger partial charge in [0.25, 0.3) is 0 Å². The number of aryl methyl sites for hydroxylation is 2. The van der Waals surface area contributed by atoms with Crippen molar-refractivity contribution in [3.8, 4) is 0 Å². The minimum absolute atomic E-state index is 0.0735. The third-order valence-corrected chi connectivity index (χ3v) is 6.09. The first-order valence-corrected chi connectivity index (χ1v) is 9.84. The van der Waals surface area contributed by atoms with Crippen LogP contribution in [0.1, 0.15) is 27.1 Å². The zero-order valence-corrected chi connectivity index (χ0v) is 15.6. The second kappa shape index (κ2) is 7.27. The van der Waals surface area contributed by atoms with Crippen LogP contribution < -0.4 is 5.73 Å². The van der Waals surface area contributed by atoms with E-state index in [9.17, 15) is 9.90 Å². The fraction of sp³-hybridized carbons (Fsp3) is 0.227. The van der Waals surface area contributed by atoms with Gasteiger partial charge in [-0.25, -0.2) is 0 Å². The van der Waals surface area contributed by atoms with Crippen LogP contribution in [-0.2, 0) is 28.0 Å². The van der Waals surface area contributed by atoms with E-state index in [2.05, 4.69) is 30.3 Å². The highest BCUT2D eigenvalue weighted by Crippen LogP contribution is 2.47. The summed E-state index contributed by atoms with van der Waals surface area (Å²) in [4.78, 5) is 12.3. The maximum atomic E-state index is 11.3. The molecule has 1 aromatic heterocycles. The van der Waals surface area contributed by atoms with Gasteiger partial charge in [-0.05, 0) is 46.5 Å². The molecule has 1 aliphatic carbocycles. The zero-order valence-electron chi connectivity index (χ0n) is 14.8. The molecular formula is C22H21NO3S. The molecule has 1 aliphatic rings. The van der Waals surface area contributed by atoms with Crippen molar-refractivity contribution in [2.75, 3.05) is 6.61 Å². The van der Waals surface area contributed by atoms with Crippen molar-refractivity contribution in [3.63, 3.8) is 0 Å². The van der Waals surface area contributed by atoms with Gasteiger partial charge in [0.1, 0.15) is 6.04 Å². The van der Waals surface area contributed by atoms with Crippen molar-refractivity contribution in [1.82, 2.24) is 0 Å². The maximum absolute atomic E-state index is 11.3. The van der Waals surface area contributed by atoms with E-state index in [-0.39, 0.29) is 6.61 Å². The number of carbonyl (C=O) groups is 1. The Balaban J connectivity index is 1.97. The number of nitrogens with two attached hydrogens (primary N) is 1. The number of benzene rings is 2. The molecule has 4 rings (SSSR count). The van der Waals surface area contributed by atoms with Crippen LogP contribution >= 0.6 is 11.3 Å². The molecule has 138 valence electrons. The van der Waals surface area contributed by atoms with Gasteiger partial charge in [-0.2, -0.15) is 0 Å². The highest BCUT2D eigenvalue weighted by Gasteiger charge is 2.43. The monoisotopic (exact) mass is 379 g/mol.